The normalized spacial score (nSPS) is 13.3. The third kappa shape index (κ3) is 7.22. The summed E-state index contributed by atoms with van der Waals surface area (Å²) in [5.41, 5.74) is 2.12. The number of aromatic carboxylic acids is 2. The first-order valence-electron chi connectivity index (χ1n) is 12.7. The molecule has 1 aromatic carbocycles. The maximum atomic E-state index is 12.3. The highest BCUT2D eigenvalue weighted by Gasteiger charge is 2.31. The van der Waals surface area contributed by atoms with Gasteiger partial charge in [-0.2, -0.15) is 18.3 Å². The van der Waals surface area contributed by atoms with Crippen molar-refractivity contribution in [2.75, 3.05) is 31.1 Å². The molecule has 14 heteroatoms. The standard InChI is InChI=1S/C18H14ClN3O4.C10H12F3N3/c1-9-13(17(23)24)4-2-10(15(9)18(25)26)6-12-8-21-22-16(12)11-3-5-14(19)20-7-11;11-10(12,13)8-1-2-9(15-7-8)16-5-3-14-4-6-16/h2-5,7-8H,6H2,1H3,(H,21,22)(H,23,24)(H,25,26);1-2,7,14H,3-6H2. The Bertz CT molecular complexity index is 1550. The molecule has 5 rings (SSSR count). The van der Waals surface area contributed by atoms with Gasteiger partial charge in [-0.05, 0) is 48.4 Å². The van der Waals surface area contributed by atoms with Crippen LogP contribution in [0.5, 0.6) is 0 Å². The summed E-state index contributed by atoms with van der Waals surface area (Å²) in [6, 6.07) is 8.86. The lowest BCUT2D eigenvalue weighted by molar-refractivity contribution is -0.137. The van der Waals surface area contributed by atoms with Gasteiger partial charge in [-0.3, -0.25) is 5.10 Å². The number of hydrogen-bond acceptors (Lipinski definition) is 7. The maximum absolute atomic E-state index is 12.3. The fourth-order valence-electron chi connectivity index (χ4n) is 4.50. The Morgan fingerprint density at radius 1 is 0.976 bits per heavy atom. The fourth-order valence-corrected chi connectivity index (χ4v) is 4.61. The second-order valence-corrected chi connectivity index (χ2v) is 9.72. The van der Waals surface area contributed by atoms with Gasteiger partial charge in [0, 0.05) is 62.3 Å². The quantitative estimate of drug-likeness (QED) is 0.226. The van der Waals surface area contributed by atoms with Crippen LogP contribution in [0.15, 0.2) is 55.0 Å². The number of carbonyl (C=O) groups is 2. The highest BCUT2D eigenvalue weighted by atomic mass is 35.5. The molecule has 1 aliphatic rings. The predicted molar refractivity (Wildman–Crippen MR) is 149 cm³/mol. The minimum absolute atomic E-state index is 0.00807. The monoisotopic (exact) mass is 602 g/mol. The Kier molecular flexibility index (Phi) is 9.43. The summed E-state index contributed by atoms with van der Waals surface area (Å²) in [5, 5.41) is 29.3. The minimum atomic E-state index is -4.31. The van der Waals surface area contributed by atoms with E-state index in [0.29, 0.717) is 22.2 Å². The molecule has 42 heavy (non-hydrogen) atoms. The van der Waals surface area contributed by atoms with Crippen LogP contribution in [0.4, 0.5) is 19.0 Å². The van der Waals surface area contributed by atoms with Crippen LogP contribution in [0.3, 0.4) is 0 Å². The number of anilines is 1. The van der Waals surface area contributed by atoms with Crippen molar-refractivity contribution in [3.05, 3.63) is 93.5 Å². The third-order valence-electron chi connectivity index (χ3n) is 6.61. The van der Waals surface area contributed by atoms with Gasteiger partial charge in [0.15, 0.2) is 0 Å². The number of nitrogens with zero attached hydrogens (tertiary/aromatic N) is 4. The van der Waals surface area contributed by atoms with Gasteiger partial charge in [0.05, 0.1) is 22.4 Å². The summed E-state index contributed by atoms with van der Waals surface area (Å²) in [4.78, 5) is 32.8. The lowest BCUT2D eigenvalue weighted by atomic mass is 9.92. The number of pyridine rings is 2. The van der Waals surface area contributed by atoms with E-state index in [9.17, 15) is 33.0 Å². The summed E-state index contributed by atoms with van der Waals surface area (Å²) < 4.78 is 36.9. The van der Waals surface area contributed by atoms with E-state index in [1.807, 2.05) is 4.90 Å². The van der Waals surface area contributed by atoms with Crippen LogP contribution in [-0.4, -0.2) is 68.5 Å². The average molecular weight is 603 g/mol. The van der Waals surface area contributed by atoms with Crippen molar-refractivity contribution in [3.63, 3.8) is 0 Å². The zero-order valence-electron chi connectivity index (χ0n) is 22.2. The zero-order chi connectivity index (χ0) is 30.4. The molecule has 4 heterocycles. The van der Waals surface area contributed by atoms with Gasteiger partial charge in [0.25, 0.3) is 0 Å². The largest absolute Gasteiger partial charge is 0.478 e. The molecule has 0 saturated carbocycles. The van der Waals surface area contributed by atoms with Gasteiger partial charge in [-0.1, -0.05) is 17.7 Å². The Balaban J connectivity index is 0.000000216. The van der Waals surface area contributed by atoms with Crippen molar-refractivity contribution >= 4 is 29.4 Å². The van der Waals surface area contributed by atoms with Gasteiger partial charge in [0.1, 0.15) is 11.0 Å². The molecule has 0 atom stereocenters. The summed E-state index contributed by atoms with van der Waals surface area (Å²) >= 11 is 5.80. The van der Waals surface area contributed by atoms with Crippen LogP contribution in [-0.2, 0) is 12.6 Å². The fraction of sp³-hybridized carbons (Fsp3) is 0.250. The Labute approximate surface area is 243 Å². The third-order valence-corrected chi connectivity index (χ3v) is 6.84. The number of H-pyrrole nitrogens is 1. The SMILES string of the molecule is Cc1c(C(=O)O)ccc(Cc2c[nH]nc2-c2ccc(Cl)nc2)c1C(=O)O.FC(F)(F)c1ccc(N2CCNCC2)nc1. The lowest BCUT2D eigenvalue weighted by Gasteiger charge is -2.28. The molecule has 1 saturated heterocycles. The first kappa shape index (κ1) is 30.5. The number of hydrogen-bond donors (Lipinski definition) is 4. The molecule has 0 bridgehead atoms. The van der Waals surface area contributed by atoms with Crippen molar-refractivity contribution in [3.8, 4) is 11.3 Å². The molecule has 0 unspecified atom stereocenters. The van der Waals surface area contributed by atoms with Crippen LogP contribution in [0.2, 0.25) is 5.15 Å². The molecule has 1 fully saturated rings. The Morgan fingerprint density at radius 2 is 1.71 bits per heavy atom. The molecular weight excluding hydrogens is 577 g/mol. The van der Waals surface area contributed by atoms with Gasteiger partial charge >= 0.3 is 18.1 Å². The van der Waals surface area contributed by atoms with Gasteiger partial charge in [-0.15, -0.1) is 0 Å². The molecule has 0 spiro atoms. The molecule has 3 aromatic heterocycles. The van der Waals surface area contributed by atoms with Crippen LogP contribution in [0, 0.1) is 6.92 Å². The van der Waals surface area contributed by atoms with E-state index in [4.69, 9.17) is 11.6 Å². The summed E-state index contributed by atoms with van der Waals surface area (Å²) in [6.45, 7) is 4.72. The molecule has 0 radical (unpaired) electrons. The van der Waals surface area contributed by atoms with Crippen molar-refractivity contribution in [2.24, 2.45) is 0 Å². The maximum Gasteiger partial charge on any atom is 0.417 e. The highest BCUT2D eigenvalue weighted by molar-refractivity contribution is 6.29. The van der Waals surface area contributed by atoms with E-state index in [0.717, 1.165) is 49.6 Å². The molecule has 1 aliphatic heterocycles. The van der Waals surface area contributed by atoms with E-state index in [2.05, 4.69) is 25.5 Å². The lowest BCUT2D eigenvalue weighted by Crippen LogP contribution is -2.43. The first-order chi connectivity index (χ1) is 20.0. The number of aromatic nitrogens is 4. The van der Waals surface area contributed by atoms with Crippen molar-refractivity contribution < 1.29 is 33.0 Å². The smallest absolute Gasteiger partial charge is 0.417 e. The van der Waals surface area contributed by atoms with E-state index >= 15 is 0 Å². The molecular formula is C28H26ClF3N6O4. The van der Waals surface area contributed by atoms with E-state index in [-0.39, 0.29) is 23.1 Å². The van der Waals surface area contributed by atoms with E-state index in [1.54, 1.807) is 24.5 Å². The van der Waals surface area contributed by atoms with Crippen molar-refractivity contribution in [1.82, 2.24) is 25.5 Å². The second-order valence-electron chi connectivity index (χ2n) is 9.33. The topological polar surface area (TPSA) is 144 Å². The van der Waals surface area contributed by atoms with Crippen molar-refractivity contribution in [2.45, 2.75) is 19.5 Å². The molecule has 0 amide bonds. The van der Waals surface area contributed by atoms with Gasteiger partial charge in [-0.25, -0.2) is 19.6 Å². The number of halogens is 4. The Hall–Kier alpha value is -4.49. The average Bonchev–Trinajstić information content (AvgIpc) is 3.41. The number of piperazine rings is 1. The van der Waals surface area contributed by atoms with Gasteiger partial charge < -0.3 is 20.4 Å². The summed E-state index contributed by atoms with van der Waals surface area (Å²) in [6.07, 6.45) is 0.109. The van der Waals surface area contributed by atoms with E-state index < -0.39 is 23.7 Å². The number of carboxylic acids is 2. The van der Waals surface area contributed by atoms with Crippen LogP contribution >= 0.6 is 11.6 Å². The number of nitrogens with one attached hydrogen (secondary N) is 2. The number of carboxylic acid groups (broad SMARTS) is 2. The highest BCUT2D eigenvalue weighted by Crippen LogP contribution is 2.30. The number of aromatic amines is 1. The molecule has 0 aliphatic carbocycles. The predicted octanol–water partition coefficient (Wildman–Crippen LogP) is 4.93. The van der Waals surface area contributed by atoms with Crippen molar-refractivity contribution in [1.29, 1.82) is 0 Å². The zero-order valence-corrected chi connectivity index (χ0v) is 23.0. The number of benzene rings is 1. The van der Waals surface area contributed by atoms with Crippen LogP contribution in [0.1, 0.15) is 43.0 Å². The van der Waals surface area contributed by atoms with E-state index in [1.165, 1.54) is 25.1 Å². The van der Waals surface area contributed by atoms with Crippen LogP contribution in [0.25, 0.3) is 11.3 Å². The van der Waals surface area contributed by atoms with Crippen LogP contribution < -0.4 is 10.2 Å². The number of rotatable bonds is 6. The summed E-state index contributed by atoms with van der Waals surface area (Å²) in [5.74, 6) is -1.72. The minimum Gasteiger partial charge on any atom is -0.478 e. The molecule has 4 N–H and O–H groups in total. The number of alkyl halides is 3. The second kappa shape index (κ2) is 13.0. The molecule has 220 valence electrons. The summed E-state index contributed by atoms with van der Waals surface area (Å²) in [7, 11) is 0. The first-order valence-corrected chi connectivity index (χ1v) is 13.1. The Morgan fingerprint density at radius 3 is 2.29 bits per heavy atom. The molecule has 10 nitrogen and oxygen atoms in total. The molecule has 4 aromatic rings. The van der Waals surface area contributed by atoms with Gasteiger partial charge in [0.2, 0.25) is 0 Å².